The Labute approximate surface area is 186 Å². The fourth-order valence-corrected chi connectivity index (χ4v) is 4.28. The number of para-hydroxylation sites is 1. The van der Waals surface area contributed by atoms with E-state index in [1.807, 2.05) is 49.4 Å². The highest BCUT2D eigenvalue weighted by Crippen LogP contribution is 2.47. The van der Waals surface area contributed by atoms with Crippen LogP contribution in [0.2, 0.25) is 0 Å². The molecule has 5 rings (SSSR count). The van der Waals surface area contributed by atoms with Gasteiger partial charge in [0, 0.05) is 12.4 Å². The van der Waals surface area contributed by atoms with E-state index in [1.165, 1.54) is 4.90 Å². The maximum atomic E-state index is 13.6. The summed E-state index contributed by atoms with van der Waals surface area (Å²) in [5.41, 5.74) is 2.16. The molecular formula is C25H23N3O4. The molecule has 0 radical (unpaired) electrons. The van der Waals surface area contributed by atoms with E-state index in [2.05, 4.69) is 4.98 Å². The summed E-state index contributed by atoms with van der Waals surface area (Å²) in [4.78, 5) is 38.3. The molecule has 3 heterocycles. The van der Waals surface area contributed by atoms with E-state index in [9.17, 15) is 9.59 Å². The number of carbonyl (C=O) groups excluding carboxylic acids is 2. The molecular weight excluding hydrogens is 406 g/mol. The van der Waals surface area contributed by atoms with Gasteiger partial charge in [0.15, 0.2) is 6.10 Å². The molecule has 2 amide bonds. The van der Waals surface area contributed by atoms with Crippen LogP contribution in [0.15, 0.2) is 79.1 Å². The summed E-state index contributed by atoms with van der Waals surface area (Å²) < 4.78 is 5.61. The Balaban J connectivity index is 1.49. The number of anilines is 2. The summed E-state index contributed by atoms with van der Waals surface area (Å²) in [5, 5.41) is 1.68. The van der Waals surface area contributed by atoms with Crippen LogP contribution in [0.5, 0.6) is 5.75 Å². The second-order valence-corrected chi connectivity index (χ2v) is 7.79. The van der Waals surface area contributed by atoms with Crippen LogP contribution in [-0.2, 0) is 14.4 Å². The molecule has 1 aromatic heterocycles. The number of benzene rings is 2. The minimum absolute atomic E-state index is 0.275. The van der Waals surface area contributed by atoms with Crippen molar-refractivity contribution in [3.05, 3.63) is 84.7 Å². The number of rotatable bonds is 6. The maximum absolute atomic E-state index is 13.6. The fraction of sp³-hybridized carbons (Fsp3) is 0.240. The van der Waals surface area contributed by atoms with Crippen molar-refractivity contribution < 1.29 is 19.2 Å². The third kappa shape index (κ3) is 3.40. The van der Waals surface area contributed by atoms with Crippen LogP contribution in [0.4, 0.5) is 11.4 Å². The van der Waals surface area contributed by atoms with Crippen molar-refractivity contribution in [2.45, 2.75) is 25.5 Å². The topological polar surface area (TPSA) is 72.0 Å². The number of amides is 2. The zero-order valence-electron chi connectivity index (χ0n) is 17.6. The number of hydroxylamine groups is 1. The van der Waals surface area contributed by atoms with Gasteiger partial charge in [-0.05, 0) is 60.5 Å². The summed E-state index contributed by atoms with van der Waals surface area (Å²) in [6.45, 7) is 2.65. The molecule has 2 aromatic carbocycles. The Kier molecular flexibility index (Phi) is 5.33. The zero-order valence-corrected chi connectivity index (χ0v) is 17.6. The molecule has 7 heteroatoms. The first kappa shape index (κ1) is 20.2. The largest absolute Gasteiger partial charge is 0.494 e. The van der Waals surface area contributed by atoms with Gasteiger partial charge in [-0.2, -0.15) is 0 Å². The number of fused-ring (bicyclic) bond motifs is 1. The number of nitrogens with zero attached hydrogens (tertiary/aromatic N) is 3. The van der Waals surface area contributed by atoms with Crippen molar-refractivity contribution in [1.82, 2.24) is 4.98 Å². The van der Waals surface area contributed by atoms with Gasteiger partial charge >= 0.3 is 0 Å². The Hall–Kier alpha value is -3.71. The lowest BCUT2D eigenvalue weighted by molar-refractivity contribution is -0.126. The number of imide groups is 1. The SMILES string of the molecule is CCCOc1ccc(N2C(=O)[C@H]3[C@@H](c4ccncc4)N(c4ccccc4)O[C@H]3C2=O)cc1. The monoisotopic (exact) mass is 429 g/mol. The smallest absolute Gasteiger partial charge is 0.266 e. The van der Waals surface area contributed by atoms with Crippen LogP contribution in [0, 0.1) is 5.92 Å². The van der Waals surface area contributed by atoms with Gasteiger partial charge in [0.2, 0.25) is 5.91 Å². The summed E-state index contributed by atoms with van der Waals surface area (Å²) in [5.74, 6) is -0.598. The lowest BCUT2D eigenvalue weighted by atomic mass is 9.91. The third-order valence-corrected chi connectivity index (χ3v) is 5.74. The maximum Gasteiger partial charge on any atom is 0.266 e. The lowest BCUT2D eigenvalue weighted by Crippen LogP contribution is -2.37. The predicted molar refractivity (Wildman–Crippen MR) is 119 cm³/mol. The molecule has 3 aromatic rings. The van der Waals surface area contributed by atoms with E-state index in [0.29, 0.717) is 18.0 Å². The molecule has 162 valence electrons. The average molecular weight is 429 g/mol. The van der Waals surface area contributed by atoms with Crippen LogP contribution in [0.3, 0.4) is 0 Å². The van der Waals surface area contributed by atoms with Gasteiger partial charge in [-0.25, -0.2) is 9.96 Å². The molecule has 0 unspecified atom stereocenters. The highest BCUT2D eigenvalue weighted by atomic mass is 16.7. The van der Waals surface area contributed by atoms with Crippen LogP contribution in [0.25, 0.3) is 0 Å². The molecule has 2 saturated heterocycles. The number of pyridine rings is 1. The van der Waals surface area contributed by atoms with Crippen LogP contribution < -0.4 is 14.7 Å². The normalized spacial score (nSPS) is 22.3. The Morgan fingerprint density at radius 3 is 2.31 bits per heavy atom. The Morgan fingerprint density at radius 1 is 0.906 bits per heavy atom. The summed E-state index contributed by atoms with van der Waals surface area (Å²) in [6.07, 6.45) is 3.37. The van der Waals surface area contributed by atoms with E-state index in [-0.39, 0.29) is 11.8 Å². The molecule has 3 atom stereocenters. The van der Waals surface area contributed by atoms with Crippen molar-refractivity contribution in [3.8, 4) is 5.75 Å². The number of hydrogen-bond acceptors (Lipinski definition) is 6. The fourth-order valence-electron chi connectivity index (χ4n) is 4.28. The molecule has 0 aliphatic carbocycles. The molecule has 0 bridgehead atoms. The van der Waals surface area contributed by atoms with Crippen molar-refractivity contribution in [3.63, 3.8) is 0 Å². The average Bonchev–Trinajstić information content (AvgIpc) is 3.35. The van der Waals surface area contributed by atoms with Crippen molar-refractivity contribution in [2.75, 3.05) is 16.6 Å². The Morgan fingerprint density at radius 2 is 1.62 bits per heavy atom. The standard InChI is InChI=1S/C25H23N3O4/c1-2-16-31-20-10-8-18(9-11-20)27-24(29)21-22(17-12-14-26-15-13-17)28(32-23(21)25(27)30)19-6-4-3-5-7-19/h3-15,21-23H,2,16H2,1H3/t21-,22+,23+/m0/s1. The minimum Gasteiger partial charge on any atom is -0.494 e. The Bertz CT molecular complexity index is 1110. The molecule has 0 saturated carbocycles. The van der Waals surface area contributed by atoms with E-state index in [0.717, 1.165) is 17.7 Å². The van der Waals surface area contributed by atoms with E-state index in [4.69, 9.17) is 9.57 Å². The molecule has 2 aliphatic rings. The van der Waals surface area contributed by atoms with Crippen LogP contribution in [0.1, 0.15) is 24.9 Å². The van der Waals surface area contributed by atoms with E-state index in [1.54, 1.807) is 41.7 Å². The first-order valence-corrected chi connectivity index (χ1v) is 10.7. The number of carbonyl (C=O) groups is 2. The van der Waals surface area contributed by atoms with Gasteiger partial charge in [-0.15, -0.1) is 0 Å². The van der Waals surface area contributed by atoms with Gasteiger partial charge in [-0.3, -0.25) is 19.4 Å². The molecule has 2 fully saturated rings. The highest BCUT2D eigenvalue weighted by Gasteiger charge is 2.60. The molecule has 0 spiro atoms. The van der Waals surface area contributed by atoms with E-state index >= 15 is 0 Å². The predicted octanol–water partition coefficient (Wildman–Crippen LogP) is 3.92. The zero-order chi connectivity index (χ0) is 22.1. The first-order chi connectivity index (χ1) is 15.7. The summed E-state index contributed by atoms with van der Waals surface area (Å²) in [6, 6.07) is 19.8. The number of aromatic nitrogens is 1. The first-order valence-electron chi connectivity index (χ1n) is 10.7. The van der Waals surface area contributed by atoms with Gasteiger partial charge < -0.3 is 4.74 Å². The van der Waals surface area contributed by atoms with E-state index < -0.39 is 18.1 Å². The summed E-state index contributed by atoms with van der Waals surface area (Å²) in [7, 11) is 0. The molecule has 0 N–H and O–H groups in total. The van der Waals surface area contributed by atoms with Crippen LogP contribution >= 0.6 is 0 Å². The van der Waals surface area contributed by atoms with Gasteiger partial charge in [0.05, 0.1) is 24.0 Å². The number of hydrogen-bond donors (Lipinski definition) is 0. The lowest BCUT2D eigenvalue weighted by Gasteiger charge is -2.28. The van der Waals surface area contributed by atoms with Crippen LogP contribution in [-0.4, -0.2) is 29.5 Å². The van der Waals surface area contributed by atoms with Gasteiger partial charge in [0.25, 0.3) is 5.91 Å². The molecule has 7 nitrogen and oxygen atoms in total. The van der Waals surface area contributed by atoms with Crippen molar-refractivity contribution in [1.29, 1.82) is 0 Å². The second-order valence-electron chi connectivity index (χ2n) is 7.79. The highest BCUT2D eigenvalue weighted by molar-refractivity contribution is 6.23. The second kappa shape index (κ2) is 8.43. The third-order valence-electron chi connectivity index (χ3n) is 5.74. The quantitative estimate of drug-likeness (QED) is 0.553. The molecule has 32 heavy (non-hydrogen) atoms. The van der Waals surface area contributed by atoms with Gasteiger partial charge in [-0.1, -0.05) is 25.1 Å². The van der Waals surface area contributed by atoms with Crippen molar-refractivity contribution >= 4 is 23.2 Å². The molecule has 2 aliphatic heterocycles. The minimum atomic E-state index is -0.892. The summed E-state index contributed by atoms with van der Waals surface area (Å²) >= 11 is 0. The van der Waals surface area contributed by atoms with Crippen molar-refractivity contribution in [2.24, 2.45) is 5.92 Å². The number of ether oxygens (including phenoxy) is 1. The van der Waals surface area contributed by atoms with Gasteiger partial charge in [0.1, 0.15) is 11.7 Å².